The van der Waals surface area contributed by atoms with Crippen molar-refractivity contribution in [3.8, 4) is 17.2 Å². The van der Waals surface area contributed by atoms with Gasteiger partial charge in [-0.1, -0.05) is 194 Å². The molecule has 0 unspecified atom stereocenters. The molecule has 0 radical (unpaired) electrons. The number of carbonyl (C=O) groups is 2. The van der Waals surface area contributed by atoms with Crippen LogP contribution >= 0.6 is 0 Å². The van der Waals surface area contributed by atoms with Crippen molar-refractivity contribution in [1.29, 1.82) is 0 Å². The Morgan fingerprint density at radius 1 is 0.464 bits per heavy atom. The third-order valence-corrected chi connectivity index (χ3v) is 10.8. The predicted molar refractivity (Wildman–Crippen MR) is 237 cm³/mol. The molecule has 0 spiro atoms. The zero-order valence-electron chi connectivity index (χ0n) is 36.2. The fourth-order valence-electron chi connectivity index (χ4n) is 7.24. The molecule has 0 N–H and O–H groups in total. The maximum Gasteiger partial charge on any atom is 0.311 e. The van der Waals surface area contributed by atoms with Crippen LogP contribution in [0.5, 0.6) is 17.2 Å². The molecule has 0 aromatic heterocycles. The standard InChI is InChI=1S/C50H81NO5/c1-4-6-8-10-12-14-16-18-20-22-24-26-28-30-32-34-49(52)55-46-39-37-45(38-40-46)51-43-44-36-41-47(48(42-44)54-3)56-50(53)35-33-31-29-27-25-23-21-19-17-15-13-11-9-7-5-2/h36-43H,4-35H2,1-3H3. The molecule has 0 saturated carbocycles. The Hall–Kier alpha value is -3.15. The average Bonchev–Trinajstić information content (AvgIpc) is 3.21. The molecule has 0 aliphatic heterocycles. The van der Waals surface area contributed by atoms with Crippen molar-refractivity contribution in [3.05, 3.63) is 48.0 Å². The lowest BCUT2D eigenvalue weighted by Crippen LogP contribution is -2.08. The van der Waals surface area contributed by atoms with E-state index in [4.69, 9.17) is 14.2 Å². The second-order valence-electron chi connectivity index (χ2n) is 16.0. The highest BCUT2D eigenvalue weighted by atomic mass is 16.6. The SMILES string of the molecule is CCCCCCCCCCCCCCCCCC(=O)Oc1ccc(N=Cc2ccc(OC(=O)CCCCCCCCCCCCCCCCC)c(OC)c2)cc1. The van der Waals surface area contributed by atoms with Crippen LogP contribution in [0, 0.1) is 0 Å². The van der Waals surface area contributed by atoms with Crippen LogP contribution in [-0.2, 0) is 9.59 Å². The Kier molecular flexibility index (Phi) is 30.7. The smallest absolute Gasteiger partial charge is 0.311 e. The lowest BCUT2D eigenvalue weighted by atomic mass is 10.0. The first-order chi connectivity index (χ1) is 27.5. The van der Waals surface area contributed by atoms with E-state index in [9.17, 15) is 9.59 Å². The molecule has 0 amide bonds. The van der Waals surface area contributed by atoms with Crippen LogP contribution in [0.2, 0.25) is 0 Å². The van der Waals surface area contributed by atoms with Crippen LogP contribution in [-0.4, -0.2) is 25.3 Å². The Morgan fingerprint density at radius 2 is 0.839 bits per heavy atom. The van der Waals surface area contributed by atoms with Crippen molar-refractivity contribution in [3.63, 3.8) is 0 Å². The van der Waals surface area contributed by atoms with Crippen LogP contribution in [0.1, 0.15) is 225 Å². The fourth-order valence-corrected chi connectivity index (χ4v) is 7.24. The number of esters is 2. The van der Waals surface area contributed by atoms with Crippen molar-refractivity contribution in [1.82, 2.24) is 0 Å². The molecule has 0 bridgehead atoms. The van der Waals surface area contributed by atoms with Gasteiger partial charge in [-0.2, -0.15) is 0 Å². The van der Waals surface area contributed by atoms with Crippen LogP contribution in [0.25, 0.3) is 0 Å². The molecule has 2 aromatic rings. The van der Waals surface area contributed by atoms with Gasteiger partial charge < -0.3 is 14.2 Å². The first-order valence-corrected chi connectivity index (χ1v) is 23.3. The summed E-state index contributed by atoms with van der Waals surface area (Å²) in [6.45, 7) is 4.55. The van der Waals surface area contributed by atoms with Crippen LogP contribution in [0.15, 0.2) is 47.5 Å². The number of hydrogen-bond acceptors (Lipinski definition) is 6. The van der Waals surface area contributed by atoms with Gasteiger partial charge in [0.25, 0.3) is 0 Å². The second-order valence-corrected chi connectivity index (χ2v) is 16.0. The van der Waals surface area contributed by atoms with E-state index >= 15 is 0 Å². The molecule has 0 fully saturated rings. The minimum Gasteiger partial charge on any atom is -0.493 e. The largest absolute Gasteiger partial charge is 0.493 e. The number of benzene rings is 2. The Morgan fingerprint density at radius 3 is 1.23 bits per heavy atom. The summed E-state index contributed by atoms with van der Waals surface area (Å²) in [6, 6.07) is 12.6. The Labute approximate surface area is 343 Å². The quantitative estimate of drug-likeness (QED) is 0.0296. The van der Waals surface area contributed by atoms with Gasteiger partial charge >= 0.3 is 11.9 Å². The third-order valence-electron chi connectivity index (χ3n) is 10.8. The van der Waals surface area contributed by atoms with E-state index in [-0.39, 0.29) is 11.9 Å². The van der Waals surface area contributed by atoms with Gasteiger partial charge in [-0.3, -0.25) is 14.6 Å². The average molecular weight is 776 g/mol. The summed E-state index contributed by atoms with van der Waals surface area (Å²) in [6.07, 6.45) is 41.6. The highest BCUT2D eigenvalue weighted by molar-refractivity contribution is 5.83. The third kappa shape index (κ3) is 26.7. The first kappa shape index (κ1) is 49.0. The summed E-state index contributed by atoms with van der Waals surface area (Å²) in [5.41, 5.74) is 1.56. The van der Waals surface area contributed by atoms with Gasteiger partial charge in [-0.15, -0.1) is 0 Å². The molecule has 2 rings (SSSR count). The van der Waals surface area contributed by atoms with Gasteiger partial charge in [0.1, 0.15) is 5.75 Å². The monoisotopic (exact) mass is 776 g/mol. The molecule has 0 aliphatic carbocycles. The predicted octanol–water partition coefficient (Wildman–Crippen LogP) is 15.8. The van der Waals surface area contributed by atoms with Crippen LogP contribution in [0.4, 0.5) is 5.69 Å². The highest BCUT2D eigenvalue weighted by Gasteiger charge is 2.11. The normalized spacial score (nSPS) is 11.3. The van der Waals surface area contributed by atoms with Crippen LogP contribution in [0.3, 0.4) is 0 Å². The first-order valence-electron chi connectivity index (χ1n) is 23.3. The van der Waals surface area contributed by atoms with Crippen molar-refractivity contribution in [2.24, 2.45) is 4.99 Å². The zero-order chi connectivity index (χ0) is 40.2. The lowest BCUT2D eigenvalue weighted by molar-refractivity contribution is -0.135. The second kappa shape index (κ2) is 35.0. The molecular formula is C50H81NO5. The molecule has 2 aromatic carbocycles. The summed E-state index contributed by atoms with van der Waals surface area (Å²) < 4.78 is 16.7. The number of carbonyl (C=O) groups excluding carboxylic acids is 2. The molecule has 6 nitrogen and oxygen atoms in total. The summed E-state index contributed by atoms with van der Waals surface area (Å²) in [7, 11) is 1.57. The van der Waals surface area contributed by atoms with E-state index in [1.54, 1.807) is 31.5 Å². The fraction of sp³-hybridized carbons (Fsp3) is 0.700. The van der Waals surface area contributed by atoms with Crippen molar-refractivity contribution >= 4 is 23.8 Å². The van der Waals surface area contributed by atoms with E-state index in [0.29, 0.717) is 30.1 Å². The number of methoxy groups -OCH3 is 1. The van der Waals surface area contributed by atoms with Crippen molar-refractivity contribution in [2.75, 3.05) is 7.11 Å². The van der Waals surface area contributed by atoms with Gasteiger partial charge in [0, 0.05) is 19.1 Å². The van der Waals surface area contributed by atoms with Gasteiger partial charge in [0.15, 0.2) is 11.5 Å². The van der Waals surface area contributed by atoms with E-state index in [0.717, 1.165) is 36.9 Å². The molecular weight excluding hydrogens is 695 g/mol. The zero-order valence-corrected chi connectivity index (χ0v) is 36.2. The van der Waals surface area contributed by atoms with Crippen LogP contribution < -0.4 is 14.2 Å². The molecule has 316 valence electrons. The molecule has 0 aliphatic rings. The van der Waals surface area contributed by atoms with E-state index in [1.165, 1.54) is 167 Å². The molecule has 0 heterocycles. The summed E-state index contributed by atoms with van der Waals surface area (Å²) in [4.78, 5) is 29.5. The van der Waals surface area contributed by atoms with E-state index < -0.39 is 0 Å². The lowest BCUT2D eigenvalue weighted by Gasteiger charge is -2.10. The maximum absolute atomic E-state index is 12.5. The minimum absolute atomic E-state index is 0.182. The number of unbranched alkanes of at least 4 members (excludes halogenated alkanes) is 28. The molecule has 6 heteroatoms. The van der Waals surface area contributed by atoms with Crippen molar-refractivity contribution < 1.29 is 23.8 Å². The molecule has 0 atom stereocenters. The summed E-state index contributed by atoms with van der Waals surface area (Å²) in [5.74, 6) is 1.04. The number of aliphatic imine (C=N–C) groups is 1. The molecule has 56 heavy (non-hydrogen) atoms. The Bertz CT molecular complexity index is 1270. The van der Waals surface area contributed by atoms with Gasteiger partial charge in [0.05, 0.1) is 12.8 Å². The Balaban J connectivity index is 1.53. The van der Waals surface area contributed by atoms with Crippen molar-refractivity contribution in [2.45, 2.75) is 219 Å². The van der Waals surface area contributed by atoms with Gasteiger partial charge in [-0.25, -0.2) is 0 Å². The van der Waals surface area contributed by atoms with Gasteiger partial charge in [0.2, 0.25) is 0 Å². The topological polar surface area (TPSA) is 74.2 Å². The number of nitrogens with zero attached hydrogens (tertiary/aromatic N) is 1. The minimum atomic E-state index is -0.227. The van der Waals surface area contributed by atoms with Gasteiger partial charge in [-0.05, 0) is 60.9 Å². The van der Waals surface area contributed by atoms with E-state index in [2.05, 4.69) is 18.8 Å². The highest BCUT2D eigenvalue weighted by Crippen LogP contribution is 2.29. The number of rotatable bonds is 37. The molecule has 0 saturated heterocycles. The number of hydrogen-bond donors (Lipinski definition) is 0. The van der Waals surface area contributed by atoms with E-state index in [1.807, 2.05) is 24.3 Å². The maximum atomic E-state index is 12.5. The summed E-state index contributed by atoms with van der Waals surface area (Å²) in [5, 5.41) is 0. The summed E-state index contributed by atoms with van der Waals surface area (Å²) >= 11 is 0. The number of ether oxygens (including phenoxy) is 3.